The molecule has 2 aromatic rings. The molecule has 136 valence electrons. The zero-order valence-corrected chi connectivity index (χ0v) is 14.6. The average molecular weight is 356 g/mol. The van der Waals surface area contributed by atoms with E-state index < -0.39 is 18.5 Å². The molecule has 2 aromatic carbocycles. The lowest BCUT2D eigenvalue weighted by molar-refractivity contribution is -0.139. The number of hydrazone groups is 1. The van der Waals surface area contributed by atoms with Crippen molar-refractivity contribution in [3.63, 3.8) is 0 Å². The van der Waals surface area contributed by atoms with Crippen molar-refractivity contribution in [2.45, 2.75) is 13.8 Å². The van der Waals surface area contributed by atoms with Gasteiger partial charge in [-0.05, 0) is 49.2 Å². The predicted molar refractivity (Wildman–Crippen MR) is 96.7 cm³/mol. The van der Waals surface area contributed by atoms with Crippen LogP contribution >= 0.6 is 0 Å². The van der Waals surface area contributed by atoms with Crippen LogP contribution in [0, 0.1) is 13.8 Å². The molecule has 0 fully saturated rings. The Morgan fingerprint density at radius 3 is 2.58 bits per heavy atom. The molecule has 0 atom stereocenters. The minimum absolute atomic E-state index is 0.170. The normalized spacial score (nSPS) is 10.5. The maximum absolute atomic E-state index is 11.8. The molecule has 0 heterocycles. The second-order valence-electron chi connectivity index (χ2n) is 5.55. The van der Waals surface area contributed by atoms with E-state index in [0.29, 0.717) is 17.1 Å². The number of hydrogen-bond acceptors (Lipinski definition) is 5. The highest BCUT2D eigenvalue weighted by Gasteiger charge is 2.05. The van der Waals surface area contributed by atoms with Gasteiger partial charge in [0, 0.05) is 5.56 Å². The Labute approximate surface area is 151 Å². The number of hydrogen-bond donors (Lipinski definition) is 2. The second kappa shape index (κ2) is 9.22. The molecule has 1 amide bonds. The fraction of sp³-hybridized carbons (Fsp3) is 0.211. The molecule has 0 saturated carbocycles. The summed E-state index contributed by atoms with van der Waals surface area (Å²) in [6, 6.07) is 12.4. The molecule has 0 radical (unpaired) electrons. The van der Waals surface area contributed by atoms with E-state index in [-0.39, 0.29) is 6.61 Å². The zero-order valence-electron chi connectivity index (χ0n) is 14.6. The second-order valence-corrected chi connectivity index (χ2v) is 5.55. The van der Waals surface area contributed by atoms with E-state index in [0.717, 1.165) is 11.1 Å². The van der Waals surface area contributed by atoms with Gasteiger partial charge in [-0.3, -0.25) is 4.79 Å². The predicted octanol–water partition coefficient (Wildman–Crippen LogP) is 2.30. The molecule has 0 unspecified atom stereocenters. The van der Waals surface area contributed by atoms with Crippen LogP contribution in [0.25, 0.3) is 0 Å². The minimum Gasteiger partial charge on any atom is -0.484 e. The summed E-state index contributed by atoms with van der Waals surface area (Å²) in [5.74, 6) is -0.518. The highest BCUT2D eigenvalue weighted by Crippen LogP contribution is 2.16. The van der Waals surface area contributed by atoms with Crippen molar-refractivity contribution in [1.29, 1.82) is 0 Å². The first-order valence-corrected chi connectivity index (χ1v) is 7.91. The number of aryl methyl sites for hydroxylation is 2. The van der Waals surface area contributed by atoms with Gasteiger partial charge in [0.25, 0.3) is 5.91 Å². The summed E-state index contributed by atoms with van der Waals surface area (Å²) in [6.45, 7) is 3.34. The monoisotopic (exact) mass is 356 g/mol. The number of para-hydroxylation sites is 1. The summed E-state index contributed by atoms with van der Waals surface area (Å²) < 4.78 is 10.6. The van der Waals surface area contributed by atoms with E-state index in [2.05, 4.69) is 10.5 Å². The van der Waals surface area contributed by atoms with Crippen LogP contribution in [0.5, 0.6) is 11.5 Å². The first-order chi connectivity index (χ1) is 12.5. The van der Waals surface area contributed by atoms with Gasteiger partial charge in [-0.2, -0.15) is 5.10 Å². The number of aliphatic carboxylic acids is 1. The van der Waals surface area contributed by atoms with E-state index in [4.69, 9.17) is 14.6 Å². The summed E-state index contributed by atoms with van der Waals surface area (Å²) in [7, 11) is 0. The van der Waals surface area contributed by atoms with Crippen molar-refractivity contribution in [3.8, 4) is 11.5 Å². The molecule has 0 saturated heterocycles. The molecule has 0 spiro atoms. The van der Waals surface area contributed by atoms with Crippen molar-refractivity contribution in [1.82, 2.24) is 5.43 Å². The fourth-order valence-electron chi connectivity index (χ4n) is 2.02. The van der Waals surface area contributed by atoms with Crippen LogP contribution in [0.15, 0.2) is 47.6 Å². The summed E-state index contributed by atoms with van der Waals surface area (Å²) in [5.41, 5.74) is 5.13. The van der Waals surface area contributed by atoms with Crippen molar-refractivity contribution in [2.75, 3.05) is 13.2 Å². The third-order valence-electron chi connectivity index (χ3n) is 3.51. The molecule has 0 bridgehead atoms. The lowest BCUT2D eigenvalue weighted by atomic mass is 10.1. The third-order valence-corrected chi connectivity index (χ3v) is 3.51. The van der Waals surface area contributed by atoms with Gasteiger partial charge in [0.2, 0.25) is 0 Å². The van der Waals surface area contributed by atoms with Crippen LogP contribution in [0.4, 0.5) is 0 Å². The van der Waals surface area contributed by atoms with Crippen molar-refractivity contribution in [2.24, 2.45) is 5.10 Å². The number of carboxylic acids is 1. The van der Waals surface area contributed by atoms with E-state index in [1.807, 2.05) is 26.0 Å². The number of nitrogens with zero attached hydrogens (tertiary/aromatic N) is 1. The fourth-order valence-corrected chi connectivity index (χ4v) is 2.02. The smallest absolute Gasteiger partial charge is 0.341 e. The lowest BCUT2D eigenvalue weighted by Crippen LogP contribution is -2.24. The Balaban J connectivity index is 1.86. The maximum atomic E-state index is 11.8. The van der Waals surface area contributed by atoms with E-state index >= 15 is 0 Å². The minimum atomic E-state index is -1.08. The Morgan fingerprint density at radius 2 is 1.85 bits per heavy atom. The maximum Gasteiger partial charge on any atom is 0.341 e. The molecular formula is C19H20N2O5. The Bertz CT molecular complexity index is 817. The molecule has 2 N–H and O–H groups in total. The van der Waals surface area contributed by atoms with Crippen molar-refractivity contribution in [3.05, 3.63) is 59.2 Å². The lowest BCUT2D eigenvalue weighted by Gasteiger charge is -2.08. The number of nitrogens with one attached hydrogen (secondary N) is 1. The number of carboxylic acid groups (broad SMARTS) is 1. The molecule has 7 nitrogen and oxygen atoms in total. The van der Waals surface area contributed by atoms with Crippen LogP contribution in [0.1, 0.15) is 16.7 Å². The van der Waals surface area contributed by atoms with Crippen LogP contribution in [-0.2, 0) is 9.59 Å². The van der Waals surface area contributed by atoms with Gasteiger partial charge >= 0.3 is 5.97 Å². The summed E-state index contributed by atoms with van der Waals surface area (Å²) >= 11 is 0. The van der Waals surface area contributed by atoms with Crippen molar-refractivity contribution >= 4 is 18.1 Å². The quantitative estimate of drug-likeness (QED) is 0.559. The Morgan fingerprint density at radius 1 is 1.08 bits per heavy atom. The van der Waals surface area contributed by atoms with Gasteiger partial charge in [-0.25, -0.2) is 10.2 Å². The molecule has 7 heteroatoms. The van der Waals surface area contributed by atoms with E-state index in [9.17, 15) is 9.59 Å². The average Bonchev–Trinajstić information content (AvgIpc) is 2.62. The number of carbonyl (C=O) groups is 2. The number of ether oxygens (including phenoxy) is 2. The molecule has 26 heavy (non-hydrogen) atoms. The molecule has 0 aliphatic rings. The first kappa shape index (κ1) is 19.0. The van der Waals surface area contributed by atoms with Gasteiger partial charge in [0.1, 0.15) is 11.5 Å². The van der Waals surface area contributed by atoms with Crippen LogP contribution in [0.2, 0.25) is 0 Å². The molecule has 0 aromatic heterocycles. The summed E-state index contributed by atoms with van der Waals surface area (Å²) in [5, 5.41) is 12.5. The van der Waals surface area contributed by atoms with E-state index in [1.54, 1.807) is 30.3 Å². The molecule has 0 aliphatic carbocycles. The summed E-state index contributed by atoms with van der Waals surface area (Å²) in [4.78, 5) is 22.4. The van der Waals surface area contributed by atoms with Crippen LogP contribution in [-0.4, -0.2) is 36.4 Å². The Kier molecular flexibility index (Phi) is 6.73. The number of rotatable bonds is 8. The SMILES string of the molecule is Cc1ccc(OCC(=O)N/N=C\c2ccccc2OCC(=O)O)cc1C. The van der Waals surface area contributed by atoms with Gasteiger partial charge in [-0.1, -0.05) is 18.2 Å². The van der Waals surface area contributed by atoms with Gasteiger partial charge in [0.15, 0.2) is 13.2 Å². The molecule has 0 aliphatic heterocycles. The number of benzene rings is 2. The van der Waals surface area contributed by atoms with E-state index in [1.165, 1.54) is 6.21 Å². The van der Waals surface area contributed by atoms with Gasteiger partial charge < -0.3 is 14.6 Å². The van der Waals surface area contributed by atoms with Gasteiger partial charge in [-0.15, -0.1) is 0 Å². The highest BCUT2D eigenvalue weighted by atomic mass is 16.5. The Hall–Kier alpha value is -3.35. The topological polar surface area (TPSA) is 97.2 Å². The zero-order chi connectivity index (χ0) is 18.9. The molecule has 2 rings (SSSR count). The first-order valence-electron chi connectivity index (χ1n) is 7.91. The van der Waals surface area contributed by atoms with Crippen LogP contribution < -0.4 is 14.9 Å². The standard InChI is InChI=1S/C19H20N2O5/c1-13-7-8-16(9-14(13)2)25-11-18(22)21-20-10-15-5-3-4-6-17(15)26-12-19(23)24/h3-10H,11-12H2,1-2H3,(H,21,22)(H,23,24)/b20-10-. The third kappa shape index (κ3) is 5.94. The van der Waals surface area contributed by atoms with Crippen LogP contribution in [0.3, 0.4) is 0 Å². The number of carbonyl (C=O) groups excluding carboxylic acids is 1. The van der Waals surface area contributed by atoms with Gasteiger partial charge in [0.05, 0.1) is 6.21 Å². The van der Waals surface area contributed by atoms with Crippen molar-refractivity contribution < 1.29 is 24.2 Å². The largest absolute Gasteiger partial charge is 0.484 e. The number of amides is 1. The summed E-state index contributed by atoms with van der Waals surface area (Å²) in [6.07, 6.45) is 1.38. The molecular weight excluding hydrogens is 336 g/mol. The highest BCUT2D eigenvalue weighted by molar-refractivity contribution is 5.85.